The van der Waals surface area contributed by atoms with E-state index in [9.17, 15) is 4.39 Å². The monoisotopic (exact) mass is 440 g/mol. The molecule has 1 aromatic heterocycles. The van der Waals surface area contributed by atoms with Gasteiger partial charge >= 0.3 is 0 Å². The molecule has 0 bridgehead atoms. The predicted molar refractivity (Wildman–Crippen MR) is 132 cm³/mol. The normalized spacial score (nSPS) is 16.5. The fourth-order valence-corrected chi connectivity index (χ4v) is 4.73. The predicted octanol–water partition coefficient (Wildman–Crippen LogP) is 5.48. The first-order valence-corrected chi connectivity index (χ1v) is 11.5. The van der Waals surface area contributed by atoms with Crippen LogP contribution in [-0.4, -0.2) is 52.8 Å². The van der Waals surface area contributed by atoms with E-state index in [0.29, 0.717) is 11.6 Å². The molecule has 1 aliphatic rings. The van der Waals surface area contributed by atoms with Crippen molar-refractivity contribution in [3.05, 3.63) is 96.4 Å². The Balaban J connectivity index is 1.52. The van der Waals surface area contributed by atoms with Gasteiger partial charge in [-0.25, -0.2) is 9.07 Å². The van der Waals surface area contributed by atoms with E-state index in [4.69, 9.17) is 5.10 Å². The summed E-state index contributed by atoms with van der Waals surface area (Å²) in [6.07, 6.45) is 3.04. The summed E-state index contributed by atoms with van der Waals surface area (Å²) in [5.41, 5.74) is 5.66. The summed E-state index contributed by atoms with van der Waals surface area (Å²) in [4.78, 5) is 4.73. The lowest BCUT2D eigenvalue weighted by atomic mass is 10.0. The zero-order chi connectivity index (χ0) is 22.8. The highest BCUT2D eigenvalue weighted by Crippen LogP contribution is 2.31. The average molecular weight is 441 g/mol. The van der Waals surface area contributed by atoms with Gasteiger partial charge in [0.1, 0.15) is 5.82 Å². The topological polar surface area (TPSA) is 24.3 Å². The molecule has 0 radical (unpaired) electrons. The fourth-order valence-electron chi connectivity index (χ4n) is 4.73. The zero-order valence-electron chi connectivity index (χ0n) is 19.2. The van der Waals surface area contributed by atoms with Gasteiger partial charge in [-0.1, -0.05) is 54.6 Å². The van der Waals surface area contributed by atoms with Gasteiger partial charge in [0.2, 0.25) is 0 Å². The summed E-state index contributed by atoms with van der Waals surface area (Å²) < 4.78 is 16.8. The second kappa shape index (κ2) is 9.30. The lowest BCUT2D eigenvalue weighted by molar-refractivity contribution is 0.234. The Morgan fingerprint density at radius 2 is 1.64 bits per heavy atom. The van der Waals surface area contributed by atoms with Crippen molar-refractivity contribution < 1.29 is 4.39 Å². The van der Waals surface area contributed by atoms with Crippen molar-refractivity contribution in [2.45, 2.75) is 19.0 Å². The Morgan fingerprint density at radius 3 is 2.33 bits per heavy atom. The Bertz CT molecular complexity index is 1220. The zero-order valence-corrected chi connectivity index (χ0v) is 19.2. The van der Waals surface area contributed by atoms with E-state index < -0.39 is 0 Å². The average Bonchev–Trinajstić information content (AvgIpc) is 3.46. The van der Waals surface area contributed by atoms with Crippen LogP contribution in [0.1, 0.15) is 12.0 Å². The van der Waals surface area contributed by atoms with Gasteiger partial charge in [-0.05, 0) is 62.5 Å². The van der Waals surface area contributed by atoms with Gasteiger partial charge in [-0.2, -0.15) is 5.10 Å². The minimum Gasteiger partial charge on any atom is -0.305 e. The molecule has 1 aliphatic heterocycles. The third-order valence-electron chi connectivity index (χ3n) is 6.60. The number of benzene rings is 3. The number of aromatic nitrogens is 2. The smallest absolute Gasteiger partial charge is 0.132 e. The first-order valence-electron chi connectivity index (χ1n) is 11.5. The van der Waals surface area contributed by atoms with Crippen LogP contribution in [0.15, 0.2) is 85.1 Å². The Kier molecular flexibility index (Phi) is 6.07. The highest BCUT2D eigenvalue weighted by atomic mass is 19.1. The summed E-state index contributed by atoms with van der Waals surface area (Å²) in [5, 5.41) is 4.71. The fraction of sp³-hybridized carbons (Fsp3) is 0.250. The van der Waals surface area contributed by atoms with Gasteiger partial charge in [0.05, 0.1) is 17.6 Å². The molecule has 0 N–H and O–H groups in total. The summed E-state index contributed by atoms with van der Waals surface area (Å²) in [5.74, 6) is -0.232. The van der Waals surface area contributed by atoms with Crippen molar-refractivity contribution in [1.29, 1.82) is 0 Å². The minimum atomic E-state index is -0.232. The summed E-state index contributed by atoms with van der Waals surface area (Å²) >= 11 is 0. The highest BCUT2D eigenvalue weighted by molar-refractivity contribution is 5.68. The second-order valence-electron chi connectivity index (χ2n) is 8.94. The van der Waals surface area contributed by atoms with Gasteiger partial charge in [0.15, 0.2) is 0 Å². The molecule has 33 heavy (non-hydrogen) atoms. The van der Waals surface area contributed by atoms with Crippen molar-refractivity contribution in [2.24, 2.45) is 0 Å². The van der Waals surface area contributed by atoms with Gasteiger partial charge in [0.25, 0.3) is 0 Å². The number of hydrogen-bond acceptors (Lipinski definition) is 3. The van der Waals surface area contributed by atoms with Crippen LogP contribution >= 0.6 is 0 Å². The maximum absolute atomic E-state index is 14.9. The molecule has 1 fully saturated rings. The van der Waals surface area contributed by atoms with Crippen molar-refractivity contribution in [1.82, 2.24) is 19.6 Å². The lowest BCUT2D eigenvalue weighted by Gasteiger charge is -2.24. The standard InChI is InChI=1S/C28H29FN4/c1-31-17-16-25(20-31)32(2)19-23-18-30-33(28(23)26-10-6-7-11-27(26)29)24-14-12-22(13-15-24)21-8-4-3-5-9-21/h3-15,18,25H,16-17,19-20H2,1-2H3. The van der Waals surface area contributed by atoms with E-state index >= 15 is 0 Å². The van der Waals surface area contributed by atoms with E-state index in [2.05, 4.69) is 60.3 Å². The maximum Gasteiger partial charge on any atom is 0.132 e. The van der Waals surface area contributed by atoms with Crippen molar-refractivity contribution in [3.8, 4) is 28.1 Å². The number of likely N-dealkylation sites (N-methyl/N-ethyl adjacent to an activating group) is 2. The van der Waals surface area contributed by atoms with Gasteiger partial charge < -0.3 is 4.90 Å². The molecule has 1 unspecified atom stereocenters. The molecule has 5 heteroatoms. The Labute approximate surface area is 194 Å². The SMILES string of the molecule is CN1CCC(N(C)Cc2cnn(-c3ccc(-c4ccccc4)cc3)c2-c2ccccc2F)C1. The molecule has 5 rings (SSSR count). The van der Waals surface area contributed by atoms with E-state index in [1.54, 1.807) is 6.07 Å². The Morgan fingerprint density at radius 1 is 0.939 bits per heavy atom. The summed E-state index contributed by atoms with van der Waals surface area (Å²) in [7, 11) is 4.32. The van der Waals surface area contributed by atoms with Crippen LogP contribution < -0.4 is 0 Å². The van der Waals surface area contributed by atoms with Crippen LogP contribution in [-0.2, 0) is 6.54 Å². The number of rotatable bonds is 6. The van der Waals surface area contributed by atoms with Crippen LogP contribution in [0.5, 0.6) is 0 Å². The molecule has 2 heterocycles. The van der Waals surface area contributed by atoms with Crippen molar-refractivity contribution >= 4 is 0 Å². The van der Waals surface area contributed by atoms with E-state index in [0.717, 1.165) is 48.6 Å². The molecule has 1 atom stereocenters. The number of nitrogens with zero attached hydrogens (tertiary/aromatic N) is 4. The van der Waals surface area contributed by atoms with Crippen molar-refractivity contribution in [3.63, 3.8) is 0 Å². The molecule has 3 aromatic carbocycles. The molecule has 4 nitrogen and oxygen atoms in total. The third kappa shape index (κ3) is 4.47. The van der Waals surface area contributed by atoms with Gasteiger partial charge in [-0.15, -0.1) is 0 Å². The molecular weight excluding hydrogens is 411 g/mol. The summed E-state index contributed by atoms with van der Waals surface area (Å²) in [6, 6.07) is 26.1. The van der Waals surface area contributed by atoms with Crippen molar-refractivity contribution in [2.75, 3.05) is 27.2 Å². The third-order valence-corrected chi connectivity index (χ3v) is 6.60. The van der Waals surface area contributed by atoms with E-state index in [1.165, 1.54) is 11.6 Å². The van der Waals surface area contributed by atoms with E-state index in [-0.39, 0.29) is 5.82 Å². The largest absolute Gasteiger partial charge is 0.305 e. The first-order chi connectivity index (χ1) is 16.1. The minimum absolute atomic E-state index is 0.232. The van der Waals surface area contributed by atoms with Gasteiger partial charge in [0, 0.05) is 30.3 Å². The number of halogens is 1. The van der Waals surface area contributed by atoms with Crippen LogP contribution in [0.3, 0.4) is 0 Å². The molecule has 1 saturated heterocycles. The number of hydrogen-bond donors (Lipinski definition) is 0. The lowest BCUT2D eigenvalue weighted by Crippen LogP contribution is -2.33. The van der Waals surface area contributed by atoms with Crippen LogP contribution in [0, 0.1) is 5.82 Å². The highest BCUT2D eigenvalue weighted by Gasteiger charge is 2.25. The van der Waals surface area contributed by atoms with Crippen LogP contribution in [0.25, 0.3) is 28.1 Å². The quantitative estimate of drug-likeness (QED) is 0.397. The summed E-state index contributed by atoms with van der Waals surface area (Å²) in [6.45, 7) is 2.90. The first kappa shape index (κ1) is 21.6. The molecule has 0 spiro atoms. The van der Waals surface area contributed by atoms with Crippen LogP contribution in [0.4, 0.5) is 4.39 Å². The number of likely N-dealkylation sites (tertiary alicyclic amines) is 1. The van der Waals surface area contributed by atoms with Gasteiger partial charge in [-0.3, -0.25) is 4.90 Å². The molecule has 4 aromatic rings. The molecular formula is C28H29FN4. The second-order valence-corrected chi connectivity index (χ2v) is 8.94. The Hall–Kier alpha value is -3.28. The molecule has 0 aliphatic carbocycles. The molecule has 168 valence electrons. The molecule has 0 amide bonds. The van der Waals surface area contributed by atoms with E-state index in [1.807, 2.05) is 41.2 Å². The molecule has 0 saturated carbocycles. The van der Waals surface area contributed by atoms with Crippen LogP contribution in [0.2, 0.25) is 0 Å². The maximum atomic E-state index is 14.9.